The molecule has 0 aliphatic rings. The predicted octanol–water partition coefficient (Wildman–Crippen LogP) is 1.78. The first-order valence-electron chi connectivity index (χ1n) is 6.37. The molecule has 7 heteroatoms. The van der Waals surface area contributed by atoms with Crippen molar-refractivity contribution in [2.45, 2.75) is 53.2 Å². The van der Waals surface area contributed by atoms with Crippen molar-refractivity contribution < 1.29 is 23.9 Å². The summed E-state index contributed by atoms with van der Waals surface area (Å²) in [4.78, 5) is 33.9. The summed E-state index contributed by atoms with van der Waals surface area (Å²) in [5.74, 6) is -0.400. The Morgan fingerprint density at radius 3 is 2.05 bits per heavy atom. The molecule has 0 saturated heterocycles. The van der Waals surface area contributed by atoms with Crippen molar-refractivity contribution in [3.8, 4) is 0 Å². The molecule has 0 spiro atoms. The van der Waals surface area contributed by atoms with Crippen molar-refractivity contribution in [3.05, 3.63) is 0 Å². The van der Waals surface area contributed by atoms with Crippen LogP contribution in [0.1, 0.15) is 41.0 Å². The Bertz CT molecular complexity index is 331. The van der Waals surface area contributed by atoms with Gasteiger partial charge in [0.1, 0.15) is 6.61 Å². The predicted molar refractivity (Wildman–Crippen MR) is 80.0 cm³/mol. The number of hydrogen-bond donors (Lipinski definition) is 1. The summed E-state index contributed by atoms with van der Waals surface area (Å²) in [5.41, 5.74) is 0. The summed E-state index contributed by atoms with van der Waals surface area (Å²) < 4.78 is 9.46. The molecule has 1 unspecified atom stereocenters. The Morgan fingerprint density at radius 1 is 1.10 bits per heavy atom. The zero-order valence-corrected chi connectivity index (χ0v) is 13.7. The van der Waals surface area contributed by atoms with Gasteiger partial charge in [-0.2, -0.15) is 13.5 Å². The van der Waals surface area contributed by atoms with Crippen LogP contribution in [0.4, 0.5) is 4.79 Å². The van der Waals surface area contributed by atoms with Crippen LogP contribution in [-0.2, 0) is 19.1 Å². The van der Waals surface area contributed by atoms with E-state index in [0.717, 1.165) is 0 Å². The Balaban J connectivity index is 0. The molecule has 0 saturated carbocycles. The molecule has 1 atom stereocenters. The summed E-state index contributed by atoms with van der Waals surface area (Å²) in [7, 11) is 0. The first-order chi connectivity index (χ1) is 8.73. The van der Waals surface area contributed by atoms with E-state index in [2.05, 4.69) is 5.32 Å². The monoisotopic (exact) mass is 307 g/mol. The number of carbonyl (C=O) groups is 3. The maximum atomic E-state index is 11.6. The number of hydrogen-bond acceptors (Lipinski definition) is 5. The molecule has 0 bridgehead atoms. The summed E-state index contributed by atoms with van der Waals surface area (Å²) in [6, 6.07) is -0.505. The molecule has 0 aromatic heterocycles. The van der Waals surface area contributed by atoms with Gasteiger partial charge in [-0.25, -0.2) is 4.79 Å². The fourth-order valence-corrected chi connectivity index (χ4v) is 1.44. The molecule has 0 aromatic rings. The lowest BCUT2D eigenvalue weighted by atomic mass is 10.0. The van der Waals surface area contributed by atoms with Gasteiger partial charge in [0.25, 0.3) is 0 Å². The van der Waals surface area contributed by atoms with Crippen molar-refractivity contribution >= 4 is 31.3 Å². The first-order valence-corrected chi connectivity index (χ1v) is 6.37. The summed E-state index contributed by atoms with van der Waals surface area (Å²) in [6.45, 7) is 8.47. The van der Waals surface area contributed by atoms with Crippen LogP contribution >= 0.6 is 13.5 Å². The second-order valence-corrected chi connectivity index (χ2v) is 4.91. The van der Waals surface area contributed by atoms with Gasteiger partial charge in [-0.3, -0.25) is 9.59 Å². The standard InChI is InChI=1S/C13H23NO5.H2S/c1-8(2)12(10(5)15)14-11(16)6-7-18-13(17)19-9(3)4;/h8-9,12H,6-7H2,1-5H3,(H,14,16);1H2. The molecule has 1 N–H and O–H groups in total. The quantitative estimate of drug-likeness (QED) is 0.725. The van der Waals surface area contributed by atoms with Crippen LogP contribution in [0.2, 0.25) is 0 Å². The van der Waals surface area contributed by atoms with E-state index in [-0.39, 0.29) is 50.2 Å². The van der Waals surface area contributed by atoms with Crippen molar-refractivity contribution in [2.24, 2.45) is 5.92 Å². The average molecular weight is 307 g/mol. The van der Waals surface area contributed by atoms with Gasteiger partial charge < -0.3 is 14.8 Å². The van der Waals surface area contributed by atoms with Gasteiger partial charge in [0.05, 0.1) is 18.6 Å². The van der Waals surface area contributed by atoms with Crippen LogP contribution in [0.3, 0.4) is 0 Å². The minimum absolute atomic E-state index is 0. The van der Waals surface area contributed by atoms with Gasteiger partial charge in [-0.15, -0.1) is 0 Å². The average Bonchev–Trinajstić information content (AvgIpc) is 2.23. The highest BCUT2D eigenvalue weighted by Gasteiger charge is 2.20. The van der Waals surface area contributed by atoms with Crippen LogP contribution in [0.25, 0.3) is 0 Å². The van der Waals surface area contributed by atoms with Crippen molar-refractivity contribution in [1.29, 1.82) is 0 Å². The highest BCUT2D eigenvalue weighted by Crippen LogP contribution is 2.03. The SMILES string of the molecule is CC(=O)C(NC(=O)CCOC(=O)OC(C)C)C(C)C.S. The number of Topliss-reactive ketones (excluding diaryl/α,β-unsaturated/α-hetero) is 1. The first kappa shape index (κ1) is 21.1. The highest BCUT2D eigenvalue weighted by atomic mass is 32.1. The third kappa shape index (κ3) is 9.66. The molecule has 0 rings (SSSR count). The molecular formula is C13H25NO5S. The van der Waals surface area contributed by atoms with E-state index < -0.39 is 12.2 Å². The third-order valence-corrected chi connectivity index (χ3v) is 2.30. The van der Waals surface area contributed by atoms with Crippen molar-refractivity contribution in [2.75, 3.05) is 6.61 Å². The van der Waals surface area contributed by atoms with Gasteiger partial charge in [0, 0.05) is 0 Å². The smallest absolute Gasteiger partial charge is 0.434 e. The molecule has 1 amide bonds. The second-order valence-electron chi connectivity index (χ2n) is 4.91. The lowest BCUT2D eigenvalue weighted by Crippen LogP contribution is -2.43. The third-order valence-electron chi connectivity index (χ3n) is 2.30. The van der Waals surface area contributed by atoms with Crippen LogP contribution in [0.5, 0.6) is 0 Å². The normalized spacial score (nSPS) is 11.6. The van der Waals surface area contributed by atoms with Crippen molar-refractivity contribution in [1.82, 2.24) is 5.32 Å². The number of ketones is 1. The summed E-state index contributed by atoms with van der Waals surface area (Å²) in [6.07, 6.45) is -1.05. The molecule has 20 heavy (non-hydrogen) atoms. The van der Waals surface area contributed by atoms with Crippen LogP contribution in [-0.4, -0.2) is 36.6 Å². The van der Waals surface area contributed by atoms with E-state index in [0.29, 0.717) is 0 Å². The van der Waals surface area contributed by atoms with E-state index in [9.17, 15) is 14.4 Å². The molecule has 0 aliphatic heterocycles. The lowest BCUT2D eigenvalue weighted by Gasteiger charge is -2.19. The Labute approximate surface area is 127 Å². The summed E-state index contributed by atoms with van der Waals surface area (Å²) >= 11 is 0. The van der Waals surface area contributed by atoms with Gasteiger partial charge in [-0.05, 0) is 26.7 Å². The molecule has 0 aliphatic carbocycles. The Morgan fingerprint density at radius 2 is 1.65 bits per heavy atom. The van der Waals surface area contributed by atoms with Crippen molar-refractivity contribution in [3.63, 3.8) is 0 Å². The summed E-state index contributed by atoms with van der Waals surface area (Å²) in [5, 5.41) is 2.61. The molecule has 0 heterocycles. The topological polar surface area (TPSA) is 81.7 Å². The van der Waals surface area contributed by atoms with Crippen LogP contribution in [0, 0.1) is 5.92 Å². The maximum Gasteiger partial charge on any atom is 0.508 e. The number of amides is 1. The lowest BCUT2D eigenvalue weighted by molar-refractivity contribution is -0.128. The largest absolute Gasteiger partial charge is 0.508 e. The fourth-order valence-electron chi connectivity index (χ4n) is 1.44. The molecule has 0 fully saturated rings. The van der Waals surface area contributed by atoms with E-state index in [4.69, 9.17) is 9.47 Å². The van der Waals surface area contributed by atoms with E-state index in [1.165, 1.54) is 6.92 Å². The number of rotatable bonds is 7. The van der Waals surface area contributed by atoms with Crippen LogP contribution < -0.4 is 5.32 Å². The van der Waals surface area contributed by atoms with E-state index in [1.807, 2.05) is 13.8 Å². The second kappa shape index (κ2) is 10.5. The van der Waals surface area contributed by atoms with E-state index >= 15 is 0 Å². The highest BCUT2D eigenvalue weighted by molar-refractivity contribution is 7.59. The fraction of sp³-hybridized carbons (Fsp3) is 0.769. The van der Waals surface area contributed by atoms with Gasteiger partial charge in [0.2, 0.25) is 5.91 Å². The van der Waals surface area contributed by atoms with Gasteiger partial charge >= 0.3 is 6.16 Å². The van der Waals surface area contributed by atoms with E-state index in [1.54, 1.807) is 13.8 Å². The molecular weight excluding hydrogens is 282 g/mol. The molecule has 0 radical (unpaired) electrons. The molecule has 118 valence electrons. The molecule has 6 nitrogen and oxygen atoms in total. The zero-order chi connectivity index (χ0) is 15.0. The Kier molecular flexibility index (Phi) is 11.1. The minimum Gasteiger partial charge on any atom is -0.434 e. The maximum absolute atomic E-state index is 11.6. The Hall–Kier alpha value is -1.24. The molecule has 0 aromatic carbocycles. The number of ether oxygens (including phenoxy) is 2. The van der Waals surface area contributed by atoms with Gasteiger partial charge in [0.15, 0.2) is 5.78 Å². The van der Waals surface area contributed by atoms with Crippen LogP contribution in [0.15, 0.2) is 0 Å². The zero-order valence-electron chi connectivity index (χ0n) is 12.7. The number of nitrogens with one attached hydrogen (secondary N) is 1. The number of carbonyl (C=O) groups excluding carboxylic acids is 3. The minimum atomic E-state index is -0.797. The van der Waals surface area contributed by atoms with Gasteiger partial charge in [-0.1, -0.05) is 13.8 Å².